The quantitative estimate of drug-likeness (QED) is 0.808. The maximum Gasteiger partial charge on any atom is 0.0918 e. The molecule has 1 aliphatic heterocycles. The molecule has 2 aromatic carbocycles. The fourth-order valence-electron chi connectivity index (χ4n) is 2.21. The lowest BCUT2D eigenvalue weighted by Crippen LogP contribution is -2.23. The lowest BCUT2D eigenvalue weighted by Gasteiger charge is -2.22. The number of nitrogens with zero attached hydrogens (tertiary/aromatic N) is 2. The van der Waals surface area contributed by atoms with Gasteiger partial charge in [-0.25, -0.2) is 4.99 Å². The van der Waals surface area contributed by atoms with Gasteiger partial charge in [0.2, 0.25) is 0 Å². The van der Waals surface area contributed by atoms with Gasteiger partial charge in [-0.1, -0.05) is 60.2 Å². The zero-order valence-corrected chi connectivity index (χ0v) is 11.8. The van der Waals surface area contributed by atoms with Gasteiger partial charge in [-0.3, -0.25) is 0 Å². The first-order valence-electron chi connectivity index (χ1n) is 6.60. The molecule has 0 aliphatic carbocycles. The normalized spacial score (nSPS) is 13.8. The molecule has 1 heterocycles. The molecule has 0 atom stereocenters. The zero-order chi connectivity index (χ0) is 13.8. The predicted octanol–water partition coefficient (Wildman–Crippen LogP) is 4.53. The summed E-state index contributed by atoms with van der Waals surface area (Å²) in [6.07, 6.45) is 6.07. The summed E-state index contributed by atoms with van der Waals surface area (Å²) in [5, 5.41) is 0.779. The van der Waals surface area contributed by atoms with Crippen LogP contribution in [0.3, 0.4) is 0 Å². The summed E-state index contributed by atoms with van der Waals surface area (Å²) in [5.41, 5.74) is 3.38. The minimum absolute atomic E-state index is 0.779. The molecule has 2 nitrogen and oxygen atoms in total. The topological polar surface area (TPSA) is 15.6 Å². The Morgan fingerprint density at radius 3 is 2.80 bits per heavy atom. The van der Waals surface area contributed by atoms with Crippen molar-refractivity contribution in [1.82, 2.24) is 4.90 Å². The largest absolute Gasteiger partial charge is 0.354 e. The number of halogens is 1. The summed E-state index contributed by atoms with van der Waals surface area (Å²) in [4.78, 5) is 6.63. The van der Waals surface area contributed by atoms with E-state index in [1.165, 1.54) is 5.56 Å². The van der Waals surface area contributed by atoms with E-state index in [1.54, 1.807) is 0 Å². The first-order chi connectivity index (χ1) is 9.83. The van der Waals surface area contributed by atoms with Crippen LogP contribution in [-0.2, 0) is 6.54 Å². The van der Waals surface area contributed by atoms with Gasteiger partial charge in [-0.2, -0.15) is 0 Å². The van der Waals surface area contributed by atoms with Gasteiger partial charge in [0.25, 0.3) is 0 Å². The molecule has 3 rings (SSSR count). The molecule has 0 spiro atoms. The van der Waals surface area contributed by atoms with Crippen molar-refractivity contribution >= 4 is 29.7 Å². The van der Waals surface area contributed by atoms with Gasteiger partial charge in [0, 0.05) is 18.1 Å². The van der Waals surface area contributed by atoms with Crippen molar-refractivity contribution in [3.63, 3.8) is 0 Å². The van der Waals surface area contributed by atoms with E-state index in [-0.39, 0.29) is 0 Å². The number of aliphatic imine (C=N–C) groups is 1. The highest BCUT2D eigenvalue weighted by Crippen LogP contribution is 2.23. The highest BCUT2D eigenvalue weighted by Gasteiger charge is 2.09. The zero-order valence-electron chi connectivity index (χ0n) is 11.0. The van der Waals surface area contributed by atoms with Gasteiger partial charge < -0.3 is 4.90 Å². The Bertz CT molecular complexity index is 662. The van der Waals surface area contributed by atoms with Gasteiger partial charge in [-0.05, 0) is 23.3 Å². The second kappa shape index (κ2) is 5.93. The molecule has 100 valence electrons. The lowest BCUT2D eigenvalue weighted by molar-refractivity contribution is 0.465. The van der Waals surface area contributed by atoms with Gasteiger partial charge in [0.1, 0.15) is 0 Å². The van der Waals surface area contributed by atoms with Crippen LogP contribution in [0, 0.1) is 0 Å². The first kappa shape index (κ1) is 12.9. The molecule has 1 aliphatic rings. The Morgan fingerprint density at radius 1 is 1.10 bits per heavy atom. The molecule has 20 heavy (non-hydrogen) atoms. The first-order valence-corrected chi connectivity index (χ1v) is 6.98. The minimum atomic E-state index is 0.779. The average molecular weight is 283 g/mol. The molecular weight excluding hydrogens is 268 g/mol. The third-order valence-corrected chi connectivity index (χ3v) is 3.61. The summed E-state index contributed by atoms with van der Waals surface area (Å²) < 4.78 is 0. The van der Waals surface area contributed by atoms with E-state index in [1.807, 2.05) is 42.7 Å². The molecule has 0 unspecified atom stereocenters. The van der Waals surface area contributed by atoms with Crippen LogP contribution in [0.25, 0.3) is 6.08 Å². The van der Waals surface area contributed by atoms with Crippen molar-refractivity contribution in [3.8, 4) is 0 Å². The van der Waals surface area contributed by atoms with E-state index >= 15 is 0 Å². The number of fused-ring (bicyclic) bond motifs is 1. The highest BCUT2D eigenvalue weighted by molar-refractivity contribution is 6.32. The summed E-state index contributed by atoms with van der Waals surface area (Å²) in [5.74, 6) is 0. The molecule has 3 heteroatoms. The van der Waals surface area contributed by atoms with Crippen LogP contribution in [0.2, 0.25) is 5.02 Å². The van der Waals surface area contributed by atoms with Crippen LogP contribution < -0.4 is 0 Å². The maximum absolute atomic E-state index is 6.12. The monoisotopic (exact) mass is 282 g/mol. The SMILES string of the molecule is Clc1ccccc1/C=C/CN1C=Nc2ccccc2C1. The molecule has 0 saturated carbocycles. The third kappa shape index (κ3) is 2.91. The maximum atomic E-state index is 6.12. The van der Waals surface area contributed by atoms with Crippen molar-refractivity contribution in [3.05, 3.63) is 70.8 Å². The summed E-state index contributed by atoms with van der Waals surface area (Å²) in [6.45, 7) is 1.72. The van der Waals surface area contributed by atoms with Gasteiger partial charge in [-0.15, -0.1) is 0 Å². The van der Waals surface area contributed by atoms with Crippen molar-refractivity contribution in [2.75, 3.05) is 6.54 Å². The van der Waals surface area contributed by atoms with Crippen LogP contribution in [0.1, 0.15) is 11.1 Å². The van der Waals surface area contributed by atoms with E-state index in [2.05, 4.69) is 34.2 Å². The number of benzene rings is 2. The van der Waals surface area contributed by atoms with Gasteiger partial charge in [0.05, 0.1) is 12.0 Å². The number of hydrogen-bond acceptors (Lipinski definition) is 2. The number of para-hydroxylation sites is 1. The molecule has 0 bridgehead atoms. The Balaban J connectivity index is 1.65. The highest BCUT2D eigenvalue weighted by atomic mass is 35.5. The molecular formula is C17H15ClN2. The second-order valence-corrected chi connectivity index (χ2v) is 5.13. The summed E-state index contributed by atoms with van der Waals surface area (Å²) >= 11 is 6.12. The molecule has 0 radical (unpaired) electrons. The van der Waals surface area contributed by atoms with Crippen LogP contribution >= 0.6 is 11.6 Å². The van der Waals surface area contributed by atoms with Crippen molar-refractivity contribution in [2.24, 2.45) is 4.99 Å². The van der Waals surface area contributed by atoms with Crippen LogP contribution in [0.5, 0.6) is 0 Å². The molecule has 0 saturated heterocycles. The van der Waals surface area contributed by atoms with E-state index < -0.39 is 0 Å². The number of rotatable bonds is 3. The molecule has 0 amide bonds. The van der Waals surface area contributed by atoms with Crippen molar-refractivity contribution < 1.29 is 0 Å². The van der Waals surface area contributed by atoms with Gasteiger partial charge >= 0.3 is 0 Å². The fourth-order valence-corrected chi connectivity index (χ4v) is 2.41. The van der Waals surface area contributed by atoms with E-state index in [0.29, 0.717) is 0 Å². The second-order valence-electron chi connectivity index (χ2n) is 4.73. The van der Waals surface area contributed by atoms with Crippen molar-refractivity contribution in [1.29, 1.82) is 0 Å². The Labute approximate surface area is 124 Å². The fraction of sp³-hybridized carbons (Fsp3) is 0.118. The molecule has 0 fully saturated rings. The minimum Gasteiger partial charge on any atom is -0.354 e. The Morgan fingerprint density at radius 2 is 1.90 bits per heavy atom. The lowest BCUT2D eigenvalue weighted by atomic mass is 10.1. The molecule has 0 N–H and O–H groups in total. The van der Waals surface area contributed by atoms with E-state index in [0.717, 1.165) is 29.4 Å². The summed E-state index contributed by atoms with van der Waals surface area (Å²) in [7, 11) is 0. The molecule has 0 aromatic heterocycles. The van der Waals surface area contributed by atoms with E-state index in [4.69, 9.17) is 11.6 Å². The Hall–Kier alpha value is -2.06. The smallest absolute Gasteiger partial charge is 0.0918 e. The van der Waals surface area contributed by atoms with Crippen molar-refractivity contribution in [2.45, 2.75) is 6.54 Å². The van der Waals surface area contributed by atoms with Gasteiger partial charge in [0.15, 0.2) is 0 Å². The van der Waals surface area contributed by atoms with Crippen LogP contribution in [-0.4, -0.2) is 17.8 Å². The molecule has 2 aromatic rings. The standard InChI is InChI=1S/C17H15ClN2/c18-16-9-3-1-6-14(16)8-5-11-20-12-15-7-2-4-10-17(15)19-13-20/h1-10,13H,11-12H2/b8-5+. The number of hydrogen-bond donors (Lipinski definition) is 0. The van der Waals surface area contributed by atoms with Crippen LogP contribution in [0.15, 0.2) is 59.6 Å². The average Bonchev–Trinajstić information content (AvgIpc) is 2.49. The summed E-state index contributed by atoms with van der Waals surface area (Å²) in [6, 6.07) is 16.1. The third-order valence-electron chi connectivity index (χ3n) is 3.27. The Kier molecular flexibility index (Phi) is 3.84. The van der Waals surface area contributed by atoms with Crippen LogP contribution in [0.4, 0.5) is 5.69 Å². The van der Waals surface area contributed by atoms with E-state index in [9.17, 15) is 0 Å². The predicted molar refractivity (Wildman–Crippen MR) is 85.5 cm³/mol.